The van der Waals surface area contributed by atoms with Crippen LogP contribution in [0.4, 0.5) is 0 Å². The summed E-state index contributed by atoms with van der Waals surface area (Å²) >= 11 is 0. The monoisotopic (exact) mass is 297 g/mol. The Morgan fingerprint density at radius 1 is 1.29 bits per heavy atom. The average molecular weight is 297 g/mol. The zero-order valence-electron chi connectivity index (χ0n) is 14.4. The highest BCUT2D eigenvalue weighted by molar-refractivity contribution is 5.88. The van der Waals surface area contributed by atoms with Crippen molar-refractivity contribution in [2.24, 2.45) is 17.3 Å². The largest absolute Gasteiger partial charge is 0.368 e. The number of hydrogen-bond donors (Lipinski definition) is 1. The third-order valence-electron chi connectivity index (χ3n) is 4.22. The zero-order valence-corrected chi connectivity index (χ0v) is 14.4. The van der Waals surface area contributed by atoms with E-state index in [9.17, 15) is 9.59 Å². The standard InChI is InChI=1S/C17H31NO3/c1-11(2)16(13(4)19)18-15(20)10-21-14-7-12(3)8-17(5,6)9-14/h11-12,14,16H,7-10H2,1-6H3,(H,18,20). The average Bonchev–Trinajstić information content (AvgIpc) is 2.30. The van der Waals surface area contributed by atoms with Crippen LogP contribution >= 0.6 is 0 Å². The molecule has 3 atom stereocenters. The maximum Gasteiger partial charge on any atom is 0.246 e. The molecular formula is C17H31NO3. The lowest BCUT2D eigenvalue weighted by molar-refractivity contribution is -0.134. The molecule has 21 heavy (non-hydrogen) atoms. The highest BCUT2D eigenvalue weighted by Crippen LogP contribution is 2.39. The van der Waals surface area contributed by atoms with E-state index in [-0.39, 0.29) is 35.7 Å². The van der Waals surface area contributed by atoms with Crippen LogP contribution in [-0.2, 0) is 14.3 Å². The number of carbonyl (C=O) groups is 2. The normalized spacial score (nSPS) is 26.4. The Morgan fingerprint density at radius 3 is 2.38 bits per heavy atom. The third kappa shape index (κ3) is 6.16. The molecule has 3 unspecified atom stereocenters. The summed E-state index contributed by atoms with van der Waals surface area (Å²) in [6.07, 6.45) is 3.35. The molecule has 1 amide bonds. The Hall–Kier alpha value is -0.900. The first-order valence-electron chi connectivity index (χ1n) is 8.02. The molecule has 4 nitrogen and oxygen atoms in total. The second-order valence-electron chi connectivity index (χ2n) is 7.75. The quantitative estimate of drug-likeness (QED) is 0.820. The molecule has 122 valence electrons. The number of rotatable bonds is 6. The van der Waals surface area contributed by atoms with Gasteiger partial charge < -0.3 is 10.1 Å². The van der Waals surface area contributed by atoms with Crippen LogP contribution in [0, 0.1) is 17.3 Å². The minimum atomic E-state index is -0.414. The van der Waals surface area contributed by atoms with Crippen molar-refractivity contribution in [3.05, 3.63) is 0 Å². The second-order valence-corrected chi connectivity index (χ2v) is 7.75. The zero-order chi connectivity index (χ0) is 16.2. The lowest BCUT2D eigenvalue weighted by atomic mass is 9.71. The van der Waals surface area contributed by atoms with Gasteiger partial charge in [-0.05, 0) is 43.4 Å². The summed E-state index contributed by atoms with van der Waals surface area (Å²) in [4.78, 5) is 23.5. The Morgan fingerprint density at radius 2 is 1.90 bits per heavy atom. The molecule has 0 heterocycles. The van der Waals surface area contributed by atoms with Crippen molar-refractivity contribution in [2.75, 3.05) is 6.61 Å². The first kappa shape index (κ1) is 18.1. The van der Waals surface area contributed by atoms with Gasteiger partial charge in [-0.1, -0.05) is 34.6 Å². The third-order valence-corrected chi connectivity index (χ3v) is 4.22. The summed E-state index contributed by atoms with van der Waals surface area (Å²) < 4.78 is 5.79. The van der Waals surface area contributed by atoms with Gasteiger partial charge >= 0.3 is 0 Å². The summed E-state index contributed by atoms with van der Waals surface area (Å²) in [7, 11) is 0. The predicted molar refractivity (Wildman–Crippen MR) is 84.0 cm³/mol. The summed E-state index contributed by atoms with van der Waals surface area (Å²) in [6, 6.07) is -0.414. The van der Waals surface area contributed by atoms with Crippen molar-refractivity contribution in [2.45, 2.75) is 73.0 Å². The van der Waals surface area contributed by atoms with E-state index in [0.29, 0.717) is 5.92 Å². The minimum absolute atomic E-state index is 0.00854. The van der Waals surface area contributed by atoms with Crippen molar-refractivity contribution in [1.29, 1.82) is 0 Å². The van der Waals surface area contributed by atoms with Crippen LogP contribution in [0.5, 0.6) is 0 Å². The van der Waals surface area contributed by atoms with E-state index < -0.39 is 6.04 Å². The van der Waals surface area contributed by atoms with E-state index in [0.717, 1.165) is 12.8 Å². The van der Waals surface area contributed by atoms with Gasteiger partial charge in [0.15, 0.2) is 5.78 Å². The number of Topliss-reactive ketones (excluding diaryl/α,β-unsaturated/α-hetero) is 1. The van der Waals surface area contributed by atoms with Gasteiger partial charge in [-0.25, -0.2) is 0 Å². The molecule has 0 aromatic carbocycles. The van der Waals surface area contributed by atoms with Crippen LogP contribution in [0.1, 0.15) is 60.8 Å². The number of carbonyl (C=O) groups excluding carboxylic acids is 2. The first-order chi connectivity index (χ1) is 9.60. The molecule has 1 aliphatic carbocycles. The molecule has 0 aromatic rings. The van der Waals surface area contributed by atoms with Gasteiger partial charge in [-0.3, -0.25) is 9.59 Å². The number of nitrogens with one attached hydrogen (secondary N) is 1. The molecule has 1 fully saturated rings. The summed E-state index contributed by atoms with van der Waals surface area (Å²) in [5.41, 5.74) is 0.276. The maximum atomic E-state index is 12.0. The number of ether oxygens (including phenoxy) is 1. The van der Waals surface area contributed by atoms with Crippen molar-refractivity contribution in [3.63, 3.8) is 0 Å². The molecule has 1 saturated carbocycles. The molecule has 0 radical (unpaired) electrons. The molecule has 0 spiro atoms. The van der Waals surface area contributed by atoms with Gasteiger partial charge in [0.05, 0.1) is 12.1 Å². The molecule has 0 aliphatic heterocycles. The van der Waals surface area contributed by atoms with Crippen molar-refractivity contribution in [3.8, 4) is 0 Å². The molecule has 1 rings (SSSR count). The lowest BCUT2D eigenvalue weighted by Crippen LogP contribution is -2.45. The van der Waals surface area contributed by atoms with Gasteiger partial charge in [0.1, 0.15) is 6.61 Å². The molecule has 1 aliphatic rings. The fourth-order valence-electron chi connectivity index (χ4n) is 3.53. The highest BCUT2D eigenvalue weighted by Gasteiger charge is 2.33. The smallest absolute Gasteiger partial charge is 0.246 e. The molecule has 1 N–H and O–H groups in total. The van der Waals surface area contributed by atoms with Crippen LogP contribution in [0.3, 0.4) is 0 Å². The van der Waals surface area contributed by atoms with Crippen LogP contribution in [-0.4, -0.2) is 30.4 Å². The topological polar surface area (TPSA) is 55.4 Å². The van der Waals surface area contributed by atoms with Gasteiger partial charge in [-0.2, -0.15) is 0 Å². The van der Waals surface area contributed by atoms with Gasteiger partial charge in [-0.15, -0.1) is 0 Å². The Kier molecular flexibility index (Phi) is 6.39. The summed E-state index contributed by atoms with van der Waals surface area (Å²) in [5.74, 6) is 0.522. The molecule has 4 heteroatoms. The molecule has 0 aromatic heterocycles. The van der Waals surface area contributed by atoms with Crippen molar-refractivity contribution in [1.82, 2.24) is 5.32 Å². The van der Waals surface area contributed by atoms with Crippen LogP contribution in [0.2, 0.25) is 0 Å². The van der Waals surface area contributed by atoms with Gasteiger partial charge in [0.25, 0.3) is 0 Å². The van der Waals surface area contributed by atoms with Gasteiger partial charge in [0.2, 0.25) is 5.91 Å². The molecular weight excluding hydrogens is 266 g/mol. The summed E-state index contributed by atoms with van der Waals surface area (Å²) in [5, 5.41) is 2.77. The lowest BCUT2D eigenvalue weighted by Gasteiger charge is -2.38. The van der Waals surface area contributed by atoms with Crippen molar-refractivity contribution < 1.29 is 14.3 Å². The molecule has 0 saturated heterocycles. The minimum Gasteiger partial charge on any atom is -0.368 e. The number of ketones is 1. The second kappa shape index (κ2) is 7.39. The van der Waals surface area contributed by atoms with Gasteiger partial charge in [0, 0.05) is 0 Å². The van der Waals surface area contributed by atoms with E-state index in [1.165, 1.54) is 13.3 Å². The fraction of sp³-hybridized carbons (Fsp3) is 0.882. The SMILES string of the molecule is CC(=O)C(NC(=O)COC1CC(C)CC(C)(C)C1)C(C)C. The number of amides is 1. The highest BCUT2D eigenvalue weighted by atomic mass is 16.5. The summed E-state index contributed by atoms with van der Waals surface area (Å²) in [6.45, 7) is 12.2. The van der Waals surface area contributed by atoms with E-state index >= 15 is 0 Å². The first-order valence-corrected chi connectivity index (χ1v) is 8.02. The van der Waals surface area contributed by atoms with Crippen LogP contribution < -0.4 is 5.32 Å². The Bertz CT molecular complexity index is 376. The number of hydrogen-bond acceptors (Lipinski definition) is 3. The fourth-order valence-corrected chi connectivity index (χ4v) is 3.53. The van der Waals surface area contributed by atoms with E-state index in [2.05, 4.69) is 26.1 Å². The van der Waals surface area contributed by atoms with Crippen LogP contribution in [0.25, 0.3) is 0 Å². The molecule has 0 bridgehead atoms. The van der Waals surface area contributed by atoms with E-state index in [1.807, 2.05) is 13.8 Å². The van der Waals surface area contributed by atoms with Crippen molar-refractivity contribution >= 4 is 11.7 Å². The Balaban J connectivity index is 2.44. The van der Waals surface area contributed by atoms with E-state index in [1.54, 1.807) is 0 Å². The maximum absolute atomic E-state index is 12.0. The van der Waals surface area contributed by atoms with Crippen LogP contribution in [0.15, 0.2) is 0 Å². The predicted octanol–water partition coefficient (Wildman–Crippen LogP) is 2.95. The van der Waals surface area contributed by atoms with E-state index in [4.69, 9.17) is 4.74 Å². The Labute approximate surface area is 129 Å².